The number of ether oxygens (including phenoxy) is 1. The summed E-state index contributed by atoms with van der Waals surface area (Å²) in [4.78, 5) is 26.6. The number of carbonyl (C=O) groups excluding carboxylic acids is 2. The van der Waals surface area contributed by atoms with Crippen LogP contribution in [0.5, 0.6) is 5.75 Å². The fourth-order valence-corrected chi connectivity index (χ4v) is 2.78. The predicted molar refractivity (Wildman–Crippen MR) is 108 cm³/mol. The molecule has 0 heterocycles. The average molecular weight is 423 g/mol. The van der Waals surface area contributed by atoms with E-state index in [1.54, 1.807) is 43.3 Å². The van der Waals surface area contributed by atoms with E-state index in [0.717, 1.165) is 0 Å². The highest BCUT2D eigenvalue weighted by Crippen LogP contribution is 2.23. The van der Waals surface area contributed by atoms with Crippen molar-refractivity contribution in [3.05, 3.63) is 64.9 Å². The van der Waals surface area contributed by atoms with E-state index in [9.17, 15) is 14.0 Å². The minimum absolute atomic E-state index is 0.0431. The average Bonchev–Trinajstić information content (AvgIpc) is 2.72. The van der Waals surface area contributed by atoms with Gasteiger partial charge in [0, 0.05) is 19.7 Å². The molecule has 2 amide bonds. The molecular weight excluding hydrogens is 399 g/mol. The second-order valence-electron chi connectivity index (χ2n) is 6.41. The molecule has 2 aromatic carbocycles. The van der Waals surface area contributed by atoms with Crippen molar-refractivity contribution >= 4 is 23.4 Å². The largest absolute Gasteiger partial charge is 0.482 e. The standard InChI is InChI=1S/C21H24ClFN2O4/c1-15(21(28)24-11-4-12-26)25(13-16-7-9-17(23)10-8-16)20(27)14-29-19-6-3-2-5-18(19)22/h2-3,5-10,15,26H,4,11-14H2,1H3,(H,24,28)/t15-/m1/s1. The summed E-state index contributed by atoms with van der Waals surface area (Å²) in [6.45, 7) is 1.66. The topological polar surface area (TPSA) is 78.9 Å². The molecule has 0 saturated carbocycles. The Balaban J connectivity index is 2.11. The monoisotopic (exact) mass is 422 g/mol. The van der Waals surface area contributed by atoms with E-state index in [1.165, 1.54) is 17.0 Å². The SMILES string of the molecule is C[C@H](C(=O)NCCCO)N(Cc1ccc(F)cc1)C(=O)COc1ccccc1Cl. The van der Waals surface area contributed by atoms with Gasteiger partial charge < -0.3 is 20.1 Å². The third-order valence-electron chi connectivity index (χ3n) is 4.26. The van der Waals surface area contributed by atoms with Crippen LogP contribution in [0, 0.1) is 5.82 Å². The van der Waals surface area contributed by atoms with Crippen LogP contribution in [-0.2, 0) is 16.1 Å². The van der Waals surface area contributed by atoms with Gasteiger partial charge in [-0.2, -0.15) is 0 Å². The van der Waals surface area contributed by atoms with Gasteiger partial charge in [-0.05, 0) is 43.2 Å². The molecule has 2 N–H and O–H groups in total. The van der Waals surface area contributed by atoms with Crippen LogP contribution in [0.2, 0.25) is 5.02 Å². The Morgan fingerprint density at radius 2 is 1.90 bits per heavy atom. The highest BCUT2D eigenvalue weighted by atomic mass is 35.5. The molecule has 0 bridgehead atoms. The first-order valence-corrected chi connectivity index (χ1v) is 9.60. The van der Waals surface area contributed by atoms with Gasteiger partial charge in [0.15, 0.2) is 6.61 Å². The van der Waals surface area contributed by atoms with E-state index in [-0.39, 0.29) is 31.5 Å². The van der Waals surface area contributed by atoms with Crippen molar-refractivity contribution in [1.82, 2.24) is 10.2 Å². The van der Waals surface area contributed by atoms with Crippen molar-refractivity contribution < 1.29 is 23.8 Å². The third kappa shape index (κ3) is 7.03. The van der Waals surface area contributed by atoms with Gasteiger partial charge in [-0.3, -0.25) is 9.59 Å². The highest BCUT2D eigenvalue weighted by Gasteiger charge is 2.26. The number of nitrogens with zero attached hydrogens (tertiary/aromatic N) is 1. The van der Waals surface area contributed by atoms with Crippen LogP contribution in [0.4, 0.5) is 4.39 Å². The van der Waals surface area contributed by atoms with Crippen LogP contribution in [0.15, 0.2) is 48.5 Å². The zero-order valence-electron chi connectivity index (χ0n) is 16.1. The summed E-state index contributed by atoms with van der Waals surface area (Å²) in [5.41, 5.74) is 0.674. The van der Waals surface area contributed by atoms with E-state index < -0.39 is 11.9 Å². The number of aliphatic hydroxyl groups is 1. The Bertz CT molecular complexity index is 817. The second kappa shape index (κ2) is 11.4. The first kappa shape index (κ1) is 22.6. The number of hydrogen-bond acceptors (Lipinski definition) is 4. The maximum absolute atomic E-state index is 13.2. The van der Waals surface area contributed by atoms with Gasteiger partial charge in [0.05, 0.1) is 5.02 Å². The molecule has 29 heavy (non-hydrogen) atoms. The second-order valence-corrected chi connectivity index (χ2v) is 6.82. The summed E-state index contributed by atoms with van der Waals surface area (Å²) in [5.74, 6) is -0.793. The summed E-state index contributed by atoms with van der Waals surface area (Å²) in [5, 5.41) is 11.9. The van der Waals surface area contributed by atoms with Crippen molar-refractivity contribution in [3.8, 4) is 5.75 Å². The van der Waals surface area contributed by atoms with Crippen LogP contribution >= 0.6 is 11.6 Å². The van der Waals surface area contributed by atoms with E-state index >= 15 is 0 Å². The minimum Gasteiger partial charge on any atom is -0.482 e. The summed E-state index contributed by atoms with van der Waals surface area (Å²) >= 11 is 6.05. The zero-order valence-corrected chi connectivity index (χ0v) is 16.9. The fraction of sp³-hybridized carbons (Fsp3) is 0.333. The van der Waals surface area contributed by atoms with E-state index in [0.29, 0.717) is 29.3 Å². The Morgan fingerprint density at radius 1 is 1.21 bits per heavy atom. The molecule has 1 atom stereocenters. The van der Waals surface area contributed by atoms with Gasteiger partial charge in [0.25, 0.3) is 5.91 Å². The molecule has 0 radical (unpaired) electrons. The van der Waals surface area contributed by atoms with Gasteiger partial charge >= 0.3 is 0 Å². The Kier molecular flexibility index (Phi) is 8.89. The molecule has 0 fully saturated rings. The molecule has 0 spiro atoms. The number of para-hydroxylation sites is 1. The summed E-state index contributed by atoms with van der Waals surface area (Å²) in [6, 6.07) is 11.7. The maximum Gasteiger partial charge on any atom is 0.261 e. The maximum atomic E-state index is 13.2. The molecule has 0 aliphatic rings. The predicted octanol–water partition coefficient (Wildman–Crippen LogP) is 2.77. The molecule has 6 nitrogen and oxygen atoms in total. The van der Waals surface area contributed by atoms with Crippen molar-refractivity contribution in [1.29, 1.82) is 0 Å². The lowest BCUT2D eigenvalue weighted by Crippen LogP contribution is -2.49. The number of nitrogens with one attached hydrogen (secondary N) is 1. The highest BCUT2D eigenvalue weighted by molar-refractivity contribution is 6.32. The molecule has 2 aromatic rings. The molecule has 0 aliphatic heterocycles. The van der Waals surface area contributed by atoms with Crippen LogP contribution in [0.3, 0.4) is 0 Å². The molecule has 0 aliphatic carbocycles. The van der Waals surface area contributed by atoms with Crippen LogP contribution < -0.4 is 10.1 Å². The number of carbonyl (C=O) groups is 2. The lowest BCUT2D eigenvalue weighted by molar-refractivity contribution is -0.142. The summed E-state index contributed by atoms with van der Waals surface area (Å²) in [6.07, 6.45) is 0.417. The Morgan fingerprint density at radius 3 is 2.55 bits per heavy atom. The molecule has 0 unspecified atom stereocenters. The van der Waals surface area contributed by atoms with Gasteiger partial charge in [0.1, 0.15) is 17.6 Å². The molecule has 0 aromatic heterocycles. The molecule has 2 rings (SSSR count). The summed E-state index contributed by atoms with van der Waals surface area (Å²) in [7, 11) is 0. The molecule has 8 heteroatoms. The van der Waals surface area contributed by atoms with Gasteiger partial charge in [-0.1, -0.05) is 35.9 Å². The molecule has 0 saturated heterocycles. The Hall–Kier alpha value is -2.64. The van der Waals surface area contributed by atoms with Crippen molar-refractivity contribution in [3.63, 3.8) is 0 Å². The third-order valence-corrected chi connectivity index (χ3v) is 4.57. The lowest BCUT2D eigenvalue weighted by atomic mass is 10.1. The lowest BCUT2D eigenvalue weighted by Gasteiger charge is -2.28. The van der Waals surface area contributed by atoms with Gasteiger partial charge in [-0.25, -0.2) is 4.39 Å². The van der Waals surface area contributed by atoms with Crippen LogP contribution in [-0.4, -0.2) is 47.6 Å². The number of rotatable bonds is 10. The molecule has 156 valence electrons. The van der Waals surface area contributed by atoms with E-state index in [4.69, 9.17) is 21.4 Å². The van der Waals surface area contributed by atoms with Gasteiger partial charge in [-0.15, -0.1) is 0 Å². The Labute approximate surface area is 174 Å². The number of amides is 2. The van der Waals surface area contributed by atoms with Crippen LogP contribution in [0.25, 0.3) is 0 Å². The summed E-state index contributed by atoms with van der Waals surface area (Å²) < 4.78 is 18.7. The minimum atomic E-state index is -0.791. The van der Waals surface area contributed by atoms with E-state index in [1.807, 2.05) is 0 Å². The fourth-order valence-electron chi connectivity index (χ4n) is 2.59. The first-order valence-electron chi connectivity index (χ1n) is 9.22. The quantitative estimate of drug-likeness (QED) is 0.577. The van der Waals surface area contributed by atoms with E-state index in [2.05, 4.69) is 5.32 Å². The van der Waals surface area contributed by atoms with Crippen LogP contribution in [0.1, 0.15) is 18.9 Å². The smallest absolute Gasteiger partial charge is 0.261 e. The number of halogens is 2. The van der Waals surface area contributed by atoms with Crippen molar-refractivity contribution in [2.45, 2.75) is 25.9 Å². The molecular formula is C21H24ClFN2O4. The van der Waals surface area contributed by atoms with Gasteiger partial charge in [0.2, 0.25) is 5.91 Å². The first-order chi connectivity index (χ1) is 13.9. The number of hydrogen-bond donors (Lipinski definition) is 2. The zero-order chi connectivity index (χ0) is 21.2. The number of benzene rings is 2. The van der Waals surface area contributed by atoms with Crippen molar-refractivity contribution in [2.24, 2.45) is 0 Å². The van der Waals surface area contributed by atoms with Crippen molar-refractivity contribution in [2.75, 3.05) is 19.8 Å². The normalized spacial score (nSPS) is 11.6. The number of aliphatic hydroxyl groups excluding tert-OH is 1.